The molecule has 0 aliphatic rings. The number of ether oxygens (including phenoxy) is 1. The number of fused-ring (bicyclic) bond motifs is 1. The van der Waals surface area contributed by atoms with Gasteiger partial charge < -0.3 is 14.5 Å². The number of esters is 1. The molecule has 0 unspecified atom stereocenters. The fourth-order valence-electron chi connectivity index (χ4n) is 3.72. The van der Waals surface area contributed by atoms with Gasteiger partial charge in [-0.15, -0.1) is 0 Å². The summed E-state index contributed by atoms with van der Waals surface area (Å²) in [5.41, 5.74) is 0.949. The molecule has 180 valence electrons. The quantitative estimate of drug-likeness (QED) is 0.352. The minimum absolute atomic E-state index is 0.0827. The van der Waals surface area contributed by atoms with Gasteiger partial charge in [0.2, 0.25) is 0 Å². The molecule has 1 amide bonds. The van der Waals surface area contributed by atoms with Gasteiger partial charge in [-0.3, -0.25) is 4.79 Å². The molecule has 4 rings (SSSR count). The second kappa shape index (κ2) is 9.97. The summed E-state index contributed by atoms with van der Waals surface area (Å²) in [5, 5.41) is 2.50. The Bertz CT molecular complexity index is 1420. The van der Waals surface area contributed by atoms with Crippen molar-refractivity contribution in [1.82, 2.24) is 14.7 Å². The van der Waals surface area contributed by atoms with Crippen LogP contribution in [-0.2, 0) is 16.0 Å². The van der Waals surface area contributed by atoms with Crippen molar-refractivity contribution in [1.29, 1.82) is 0 Å². The van der Waals surface area contributed by atoms with Gasteiger partial charge in [-0.2, -0.15) is 0 Å². The lowest BCUT2D eigenvalue weighted by Crippen LogP contribution is -2.44. The van der Waals surface area contributed by atoms with Crippen molar-refractivity contribution in [2.45, 2.75) is 12.5 Å². The number of hydrogen-bond acceptors (Lipinski definition) is 4. The minimum atomic E-state index is -1.28. The summed E-state index contributed by atoms with van der Waals surface area (Å²) in [6, 6.07) is 7.23. The molecule has 4 aromatic rings. The molecule has 35 heavy (non-hydrogen) atoms. The van der Waals surface area contributed by atoms with Crippen molar-refractivity contribution in [3.05, 3.63) is 93.6 Å². The monoisotopic (exact) mass is 521 g/mol. The molecule has 0 aliphatic carbocycles. The van der Waals surface area contributed by atoms with Gasteiger partial charge in [0.25, 0.3) is 5.91 Å². The zero-order chi connectivity index (χ0) is 25.3. The van der Waals surface area contributed by atoms with Crippen molar-refractivity contribution in [3.63, 3.8) is 0 Å². The molecule has 0 fully saturated rings. The van der Waals surface area contributed by atoms with Crippen molar-refractivity contribution >= 4 is 40.7 Å². The second-order valence-electron chi connectivity index (χ2n) is 7.45. The van der Waals surface area contributed by atoms with E-state index in [0.29, 0.717) is 22.5 Å². The van der Waals surface area contributed by atoms with Crippen LogP contribution >= 0.6 is 23.2 Å². The maximum atomic E-state index is 14.0. The van der Waals surface area contributed by atoms with Crippen molar-refractivity contribution in [3.8, 4) is 11.1 Å². The Hall–Kier alpha value is -3.56. The molecule has 2 aromatic heterocycles. The lowest BCUT2D eigenvalue weighted by molar-refractivity contribution is -0.142. The topological polar surface area (TPSA) is 72.7 Å². The molecule has 0 radical (unpaired) electrons. The maximum absolute atomic E-state index is 14.0. The fraction of sp³-hybridized carbons (Fsp3) is 0.125. The summed E-state index contributed by atoms with van der Waals surface area (Å²) in [4.78, 5) is 29.3. The van der Waals surface area contributed by atoms with Gasteiger partial charge in [0.1, 0.15) is 34.7 Å². The molecule has 0 saturated carbocycles. The first-order chi connectivity index (χ1) is 16.7. The third kappa shape index (κ3) is 4.82. The Kier molecular flexibility index (Phi) is 7.00. The standard InChI is InChI=1S/C24H16Cl2F3N3O3/c1-35-24(34)19(31-23(33)21-17(28)3-2-4-18(21)29)11-13-5-6-14(22-30-7-8-32(13)22)20-15(25)9-12(27)10-16(20)26/h2-10,19H,11H2,1H3,(H,31,33)/t19-/m0/s1. The summed E-state index contributed by atoms with van der Waals surface area (Å²) in [6.45, 7) is 0. The number of aromatic nitrogens is 2. The number of carbonyl (C=O) groups is 2. The highest BCUT2D eigenvalue weighted by atomic mass is 35.5. The number of nitrogens with zero attached hydrogens (tertiary/aromatic N) is 2. The minimum Gasteiger partial charge on any atom is -0.467 e. The zero-order valence-corrected chi connectivity index (χ0v) is 19.5. The molecule has 0 aliphatic heterocycles. The third-order valence-corrected chi connectivity index (χ3v) is 5.90. The molecule has 0 spiro atoms. The highest BCUT2D eigenvalue weighted by Crippen LogP contribution is 2.37. The van der Waals surface area contributed by atoms with Crippen LogP contribution in [0.4, 0.5) is 13.2 Å². The Morgan fingerprint density at radius 2 is 1.74 bits per heavy atom. The van der Waals surface area contributed by atoms with Crippen LogP contribution in [0.5, 0.6) is 0 Å². The Balaban J connectivity index is 1.71. The number of carbonyl (C=O) groups excluding carboxylic acids is 2. The molecule has 0 bridgehead atoms. The van der Waals surface area contributed by atoms with E-state index >= 15 is 0 Å². The average molecular weight is 522 g/mol. The number of pyridine rings is 1. The van der Waals surface area contributed by atoms with Crippen molar-refractivity contribution < 1.29 is 27.5 Å². The third-order valence-electron chi connectivity index (χ3n) is 5.30. The number of hydrogen-bond donors (Lipinski definition) is 1. The van der Waals surface area contributed by atoms with E-state index in [1.165, 1.54) is 6.20 Å². The molecule has 6 nitrogen and oxygen atoms in total. The highest BCUT2D eigenvalue weighted by molar-refractivity contribution is 6.39. The fourth-order valence-corrected chi connectivity index (χ4v) is 4.38. The summed E-state index contributed by atoms with van der Waals surface area (Å²) in [5.74, 6) is -4.67. The largest absolute Gasteiger partial charge is 0.467 e. The van der Waals surface area contributed by atoms with E-state index in [1.54, 1.807) is 22.7 Å². The normalized spacial score (nSPS) is 11.9. The van der Waals surface area contributed by atoms with Gasteiger partial charge >= 0.3 is 5.97 Å². The summed E-state index contributed by atoms with van der Waals surface area (Å²) in [6.07, 6.45) is 2.99. The molecule has 2 heterocycles. The van der Waals surface area contributed by atoms with Crippen LogP contribution in [0.3, 0.4) is 0 Å². The molecular formula is C24H16Cl2F3N3O3. The van der Waals surface area contributed by atoms with E-state index in [4.69, 9.17) is 27.9 Å². The van der Waals surface area contributed by atoms with Crippen molar-refractivity contribution in [2.24, 2.45) is 0 Å². The lowest BCUT2D eigenvalue weighted by atomic mass is 10.0. The number of amides is 1. The molecule has 1 N–H and O–H groups in total. The lowest BCUT2D eigenvalue weighted by Gasteiger charge is -2.19. The number of nitrogens with one attached hydrogen (secondary N) is 1. The number of methoxy groups -OCH3 is 1. The van der Waals surface area contributed by atoms with E-state index < -0.39 is 40.9 Å². The van der Waals surface area contributed by atoms with E-state index in [-0.39, 0.29) is 16.5 Å². The molecular weight excluding hydrogens is 506 g/mol. The van der Waals surface area contributed by atoms with Gasteiger partial charge in [-0.25, -0.2) is 22.9 Å². The average Bonchev–Trinajstić information content (AvgIpc) is 3.29. The van der Waals surface area contributed by atoms with E-state index in [0.717, 1.165) is 37.4 Å². The second-order valence-corrected chi connectivity index (χ2v) is 8.27. The van der Waals surface area contributed by atoms with E-state index in [1.807, 2.05) is 0 Å². The smallest absolute Gasteiger partial charge is 0.328 e. The first kappa shape index (κ1) is 24.6. The zero-order valence-electron chi connectivity index (χ0n) is 18.0. The Morgan fingerprint density at radius 1 is 1.09 bits per heavy atom. The highest BCUT2D eigenvalue weighted by Gasteiger charge is 2.27. The summed E-state index contributed by atoms with van der Waals surface area (Å²) in [7, 11) is 1.12. The number of benzene rings is 2. The molecule has 2 aromatic carbocycles. The predicted octanol–water partition coefficient (Wildman–Crippen LogP) is 5.24. The van der Waals surface area contributed by atoms with Gasteiger partial charge in [0.05, 0.1) is 17.2 Å². The van der Waals surface area contributed by atoms with Gasteiger partial charge in [-0.05, 0) is 36.4 Å². The van der Waals surface area contributed by atoms with Crippen molar-refractivity contribution in [2.75, 3.05) is 7.11 Å². The molecule has 0 saturated heterocycles. The molecule has 1 atom stereocenters. The van der Waals surface area contributed by atoms with Crippen LogP contribution in [0.2, 0.25) is 10.0 Å². The summed E-state index contributed by atoms with van der Waals surface area (Å²) < 4.78 is 48.2. The van der Waals surface area contributed by atoms with E-state index in [9.17, 15) is 22.8 Å². The number of imidazole rings is 1. The van der Waals surface area contributed by atoms with Crippen LogP contribution < -0.4 is 5.32 Å². The number of halogens is 5. The summed E-state index contributed by atoms with van der Waals surface area (Å²) >= 11 is 12.5. The van der Waals surface area contributed by atoms with Crippen LogP contribution in [0.25, 0.3) is 16.8 Å². The maximum Gasteiger partial charge on any atom is 0.328 e. The predicted molar refractivity (Wildman–Crippen MR) is 124 cm³/mol. The Morgan fingerprint density at radius 3 is 2.37 bits per heavy atom. The van der Waals surface area contributed by atoms with Crippen LogP contribution in [0.15, 0.2) is 54.9 Å². The first-order valence-corrected chi connectivity index (χ1v) is 10.9. The Labute approximate surface area is 207 Å². The van der Waals surface area contributed by atoms with E-state index in [2.05, 4.69) is 10.3 Å². The van der Waals surface area contributed by atoms with Gasteiger partial charge in [0, 0.05) is 35.6 Å². The first-order valence-electron chi connectivity index (χ1n) is 10.1. The van der Waals surface area contributed by atoms with Gasteiger partial charge in [0.15, 0.2) is 0 Å². The van der Waals surface area contributed by atoms with Crippen LogP contribution in [-0.4, -0.2) is 34.4 Å². The van der Waals surface area contributed by atoms with Gasteiger partial charge in [-0.1, -0.05) is 29.3 Å². The SMILES string of the molecule is COC(=O)[C@H](Cc1ccc(-c2c(Cl)cc(F)cc2Cl)c2nccn12)NC(=O)c1c(F)cccc1F. The number of rotatable bonds is 6. The molecule has 11 heteroatoms. The van der Waals surface area contributed by atoms with Crippen LogP contribution in [0, 0.1) is 17.5 Å². The van der Waals surface area contributed by atoms with Crippen LogP contribution in [0.1, 0.15) is 16.1 Å².